The zero-order valence-corrected chi connectivity index (χ0v) is 18.0. The van der Waals surface area contributed by atoms with Gasteiger partial charge in [-0.05, 0) is 30.5 Å². The fourth-order valence-electron chi connectivity index (χ4n) is 4.12. The van der Waals surface area contributed by atoms with E-state index < -0.39 is 6.09 Å². The van der Waals surface area contributed by atoms with Gasteiger partial charge in [0.2, 0.25) is 0 Å². The van der Waals surface area contributed by atoms with Crippen LogP contribution in [0.15, 0.2) is 55.1 Å². The summed E-state index contributed by atoms with van der Waals surface area (Å²) in [7, 11) is 0. The Bertz CT molecular complexity index is 1300. The highest BCUT2D eigenvalue weighted by Crippen LogP contribution is 2.28. The van der Waals surface area contributed by atoms with Crippen molar-refractivity contribution in [2.24, 2.45) is 0 Å². The Kier molecular flexibility index (Phi) is 5.41. The van der Waals surface area contributed by atoms with Crippen molar-refractivity contribution >= 4 is 40.9 Å². The molecule has 1 fully saturated rings. The van der Waals surface area contributed by atoms with Crippen LogP contribution in [0.25, 0.3) is 34.3 Å². The first-order valence-corrected chi connectivity index (χ1v) is 10.9. The van der Waals surface area contributed by atoms with Crippen LogP contribution in [-0.2, 0) is 0 Å². The number of fused-ring (bicyclic) bond motifs is 1. The quantitative estimate of drug-likeness (QED) is 0.428. The van der Waals surface area contributed by atoms with Crippen molar-refractivity contribution in [2.75, 3.05) is 13.1 Å². The monoisotopic (exact) mass is 447 g/mol. The van der Waals surface area contributed by atoms with E-state index in [9.17, 15) is 4.79 Å². The fraction of sp³-hybridized carbons (Fsp3) is 0.208. The van der Waals surface area contributed by atoms with Crippen molar-refractivity contribution in [2.45, 2.75) is 18.9 Å². The molecular formula is C24H22ClN5O2. The zero-order valence-electron chi connectivity index (χ0n) is 17.3. The van der Waals surface area contributed by atoms with Gasteiger partial charge in [-0.15, -0.1) is 0 Å². The minimum atomic E-state index is -0.852. The summed E-state index contributed by atoms with van der Waals surface area (Å²) < 4.78 is 1.95. The summed E-state index contributed by atoms with van der Waals surface area (Å²) in [5.74, 6) is 0. The summed E-state index contributed by atoms with van der Waals surface area (Å²) >= 11 is 6.27. The van der Waals surface area contributed by atoms with Crippen molar-refractivity contribution < 1.29 is 9.90 Å². The number of carbonyl (C=O) groups is 1. The van der Waals surface area contributed by atoms with E-state index in [0.717, 1.165) is 46.1 Å². The minimum absolute atomic E-state index is 0.206. The number of pyridine rings is 1. The summed E-state index contributed by atoms with van der Waals surface area (Å²) in [6.45, 7) is 1.07. The molecule has 0 aliphatic carbocycles. The number of halogens is 1. The largest absolute Gasteiger partial charge is 0.465 e. The van der Waals surface area contributed by atoms with Gasteiger partial charge in [0.1, 0.15) is 5.65 Å². The lowest BCUT2D eigenvalue weighted by molar-refractivity contribution is 0.124. The molecule has 8 heteroatoms. The number of amides is 1. The van der Waals surface area contributed by atoms with E-state index in [-0.39, 0.29) is 6.04 Å². The van der Waals surface area contributed by atoms with Gasteiger partial charge in [-0.1, -0.05) is 42.0 Å². The number of nitrogens with zero attached hydrogens (tertiary/aromatic N) is 4. The predicted octanol–water partition coefficient (Wildman–Crippen LogP) is 5.57. The Hall–Kier alpha value is -3.58. The molecule has 0 unspecified atom stereocenters. The molecule has 5 rings (SSSR count). The van der Waals surface area contributed by atoms with Gasteiger partial charge in [0, 0.05) is 58.8 Å². The third kappa shape index (κ3) is 3.99. The molecule has 1 saturated heterocycles. The molecule has 3 aromatic heterocycles. The van der Waals surface area contributed by atoms with Gasteiger partial charge in [-0.3, -0.25) is 4.68 Å². The maximum absolute atomic E-state index is 11.1. The molecule has 1 aliphatic heterocycles. The highest BCUT2D eigenvalue weighted by Gasteiger charge is 2.24. The standard InChI is InChI=1S/C24H22ClN5O2/c25-22-4-2-1-3-16(22)5-6-17-12-26-23-21(17)11-18(13-27-23)19-14-28-30(15-19)20-7-9-29(10-8-20)24(31)32/h1-6,11-15,20H,7-10H2,(H,26,27)(H,31,32)/b6-5+. The van der Waals surface area contributed by atoms with Crippen LogP contribution in [0.3, 0.4) is 0 Å². The molecule has 1 aromatic carbocycles. The fourth-order valence-corrected chi connectivity index (χ4v) is 4.32. The Morgan fingerprint density at radius 3 is 2.69 bits per heavy atom. The molecule has 4 aromatic rings. The number of hydrogen-bond donors (Lipinski definition) is 2. The van der Waals surface area contributed by atoms with Gasteiger partial charge in [0.05, 0.1) is 12.2 Å². The topological polar surface area (TPSA) is 87.0 Å². The van der Waals surface area contributed by atoms with Crippen molar-refractivity contribution in [3.05, 3.63) is 71.3 Å². The minimum Gasteiger partial charge on any atom is -0.465 e. The molecule has 0 atom stereocenters. The average Bonchev–Trinajstić information content (AvgIpc) is 3.46. The molecule has 0 spiro atoms. The van der Waals surface area contributed by atoms with Gasteiger partial charge >= 0.3 is 6.09 Å². The van der Waals surface area contributed by atoms with Crippen LogP contribution in [0.2, 0.25) is 5.02 Å². The molecule has 7 nitrogen and oxygen atoms in total. The molecule has 1 aliphatic rings. The van der Waals surface area contributed by atoms with Gasteiger partial charge in [0.15, 0.2) is 0 Å². The number of aromatic amines is 1. The van der Waals surface area contributed by atoms with Gasteiger partial charge in [0.25, 0.3) is 0 Å². The summed E-state index contributed by atoms with van der Waals surface area (Å²) in [4.78, 5) is 20.4. The number of H-pyrrole nitrogens is 1. The number of piperidine rings is 1. The van der Waals surface area contributed by atoms with Crippen LogP contribution in [0, 0.1) is 0 Å². The highest BCUT2D eigenvalue weighted by atomic mass is 35.5. The SMILES string of the molecule is O=C(O)N1CCC(n2cc(-c3cnc4[nH]cc(/C=C/c5ccccc5Cl)c4c3)cn2)CC1. The molecule has 0 radical (unpaired) electrons. The Labute approximate surface area is 190 Å². The van der Waals surface area contributed by atoms with Crippen LogP contribution in [-0.4, -0.2) is 48.9 Å². The van der Waals surface area contributed by atoms with E-state index in [2.05, 4.69) is 21.1 Å². The van der Waals surface area contributed by atoms with Crippen molar-refractivity contribution in [3.8, 4) is 11.1 Å². The molecule has 0 saturated carbocycles. The summed E-state index contributed by atoms with van der Waals surface area (Å²) in [6.07, 6.45) is 12.4. The van der Waals surface area contributed by atoms with E-state index >= 15 is 0 Å². The lowest BCUT2D eigenvalue weighted by atomic mass is 10.1. The van der Waals surface area contributed by atoms with E-state index in [0.29, 0.717) is 18.1 Å². The van der Waals surface area contributed by atoms with Crippen molar-refractivity contribution in [3.63, 3.8) is 0 Å². The second kappa shape index (κ2) is 8.51. The molecule has 1 amide bonds. The normalized spacial score (nSPS) is 15.1. The first kappa shape index (κ1) is 20.3. The van der Waals surface area contributed by atoms with E-state index in [1.807, 2.05) is 65.9 Å². The average molecular weight is 448 g/mol. The number of hydrogen-bond acceptors (Lipinski definition) is 3. The predicted molar refractivity (Wildman–Crippen MR) is 126 cm³/mol. The lowest BCUT2D eigenvalue weighted by Gasteiger charge is -2.30. The van der Waals surface area contributed by atoms with Crippen molar-refractivity contribution in [1.29, 1.82) is 0 Å². The summed E-state index contributed by atoms with van der Waals surface area (Å²) in [6, 6.07) is 10.0. The Morgan fingerprint density at radius 1 is 1.12 bits per heavy atom. The van der Waals surface area contributed by atoms with Crippen LogP contribution < -0.4 is 0 Å². The first-order chi connectivity index (χ1) is 15.6. The van der Waals surface area contributed by atoms with Crippen LogP contribution in [0.1, 0.15) is 30.0 Å². The smallest absolute Gasteiger partial charge is 0.407 e. The Morgan fingerprint density at radius 2 is 1.91 bits per heavy atom. The summed E-state index contributed by atoms with van der Waals surface area (Å²) in [5.41, 5.74) is 4.78. The van der Waals surface area contributed by atoms with Gasteiger partial charge in [-0.25, -0.2) is 9.78 Å². The maximum atomic E-state index is 11.1. The van der Waals surface area contributed by atoms with Crippen LogP contribution in [0.5, 0.6) is 0 Å². The molecular weight excluding hydrogens is 426 g/mol. The third-order valence-electron chi connectivity index (χ3n) is 5.95. The van der Waals surface area contributed by atoms with E-state index in [1.165, 1.54) is 4.90 Å². The molecule has 2 N–H and O–H groups in total. The third-order valence-corrected chi connectivity index (χ3v) is 6.30. The highest BCUT2D eigenvalue weighted by molar-refractivity contribution is 6.32. The number of nitrogens with one attached hydrogen (secondary N) is 1. The van der Waals surface area contributed by atoms with Crippen LogP contribution in [0.4, 0.5) is 4.79 Å². The molecule has 4 heterocycles. The first-order valence-electron chi connectivity index (χ1n) is 10.5. The molecule has 32 heavy (non-hydrogen) atoms. The lowest BCUT2D eigenvalue weighted by Crippen LogP contribution is -2.38. The zero-order chi connectivity index (χ0) is 22.1. The second-order valence-electron chi connectivity index (χ2n) is 7.93. The number of aromatic nitrogens is 4. The van der Waals surface area contributed by atoms with E-state index in [1.54, 1.807) is 0 Å². The van der Waals surface area contributed by atoms with Crippen molar-refractivity contribution in [1.82, 2.24) is 24.6 Å². The number of likely N-dealkylation sites (tertiary alicyclic amines) is 1. The molecule has 0 bridgehead atoms. The second-order valence-corrected chi connectivity index (χ2v) is 8.34. The molecule has 162 valence electrons. The van der Waals surface area contributed by atoms with E-state index in [4.69, 9.17) is 16.7 Å². The van der Waals surface area contributed by atoms with Gasteiger partial charge in [-0.2, -0.15) is 5.10 Å². The Balaban J connectivity index is 1.38. The number of benzene rings is 1. The van der Waals surface area contributed by atoms with Gasteiger partial charge < -0.3 is 15.0 Å². The summed E-state index contributed by atoms with van der Waals surface area (Å²) in [5, 5.41) is 15.4. The number of rotatable bonds is 4. The maximum Gasteiger partial charge on any atom is 0.407 e. The number of carboxylic acid groups (broad SMARTS) is 1. The van der Waals surface area contributed by atoms with Crippen LogP contribution >= 0.6 is 11.6 Å².